The molecule has 4 rings (SSSR count). The number of carboxylic acids is 2. The molecule has 1 heterocycles. The van der Waals surface area contributed by atoms with Crippen LogP contribution in [0.1, 0.15) is 5.56 Å². The highest BCUT2D eigenvalue weighted by Crippen LogP contribution is 2.29. The van der Waals surface area contributed by atoms with E-state index in [1.54, 1.807) is 7.11 Å². The molecule has 1 aliphatic heterocycles. The van der Waals surface area contributed by atoms with Crippen molar-refractivity contribution in [1.29, 1.82) is 0 Å². The molecule has 0 aromatic heterocycles. The van der Waals surface area contributed by atoms with Crippen LogP contribution in [-0.2, 0) is 20.9 Å². The monoisotopic (exact) mass is 480 g/mol. The summed E-state index contributed by atoms with van der Waals surface area (Å²) in [6.07, 6.45) is 0. The molecule has 0 saturated carbocycles. The van der Waals surface area contributed by atoms with Crippen molar-refractivity contribution in [3.63, 3.8) is 0 Å². The van der Waals surface area contributed by atoms with E-state index in [2.05, 4.69) is 35.2 Å². The minimum Gasteiger partial charge on any atom is -0.496 e. The van der Waals surface area contributed by atoms with Crippen molar-refractivity contribution < 1.29 is 34.1 Å². The van der Waals surface area contributed by atoms with Gasteiger partial charge in [-0.2, -0.15) is 0 Å². The van der Waals surface area contributed by atoms with Crippen molar-refractivity contribution in [3.05, 3.63) is 72.3 Å². The first-order valence-electron chi connectivity index (χ1n) is 11.1. The van der Waals surface area contributed by atoms with Gasteiger partial charge in [-0.1, -0.05) is 48.5 Å². The molecule has 0 bridgehead atoms. The minimum atomic E-state index is -1.82. The van der Waals surface area contributed by atoms with Crippen molar-refractivity contribution >= 4 is 28.6 Å². The van der Waals surface area contributed by atoms with Crippen LogP contribution < -0.4 is 9.47 Å². The standard InChI is InChI=1S/C24H26N2O3.C2H2O4/c1-28-23-12-11-19-7-5-6-10-21(19)22(23)17-25-13-15-26(16-14-25)24(27)18-29-20-8-3-2-4-9-20;3-1(4)2(5)6/h2-12H,13-18H2,1H3;(H,3,4)(H,5,6). The quantitative estimate of drug-likeness (QED) is 0.518. The number of carbonyl (C=O) groups excluding carboxylic acids is 1. The van der Waals surface area contributed by atoms with Gasteiger partial charge in [-0.25, -0.2) is 9.59 Å². The number of carboxylic acid groups (broad SMARTS) is 2. The minimum absolute atomic E-state index is 0.0382. The molecule has 9 heteroatoms. The van der Waals surface area contributed by atoms with Crippen LogP contribution >= 0.6 is 0 Å². The third-order valence-corrected chi connectivity index (χ3v) is 5.61. The Hall–Kier alpha value is -4.11. The molecule has 184 valence electrons. The first-order chi connectivity index (χ1) is 16.9. The number of aliphatic carboxylic acids is 2. The molecule has 3 aromatic rings. The molecule has 0 spiro atoms. The lowest BCUT2D eigenvalue weighted by molar-refractivity contribution is -0.159. The van der Waals surface area contributed by atoms with Gasteiger partial charge in [0.15, 0.2) is 6.61 Å². The van der Waals surface area contributed by atoms with Crippen LogP contribution in [0, 0.1) is 0 Å². The summed E-state index contributed by atoms with van der Waals surface area (Å²) >= 11 is 0. The zero-order valence-corrected chi connectivity index (χ0v) is 19.4. The predicted molar refractivity (Wildman–Crippen MR) is 130 cm³/mol. The maximum absolute atomic E-state index is 12.5. The van der Waals surface area contributed by atoms with E-state index in [1.807, 2.05) is 41.3 Å². The molecule has 1 saturated heterocycles. The third-order valence-electron chi connectivity index (χ3n) is 5.61. The molecule has 1 aliphatic rings. The van der Waals surface area contributed by atoms with Crippen molar-refractivity contribution in [2.24, 2.45) is 0 Å². The average molecular weight is 481 g/mol. The molecule has 2 N–H and O–H groups in total. The largest absolute Gasteiger partial charge is 0.496 e. The molecule has 0 radical (unpaired) electrons. The zero-order chi connectivity index (χ0) is 25.2. The first-order valence-corrected chi connectivity index (χ1v) is 11.1. The van der Waals surface area contributed by atoms with Gasteiger partial charge < -0.3 is 24.6 Å². The second-order valence-corrected chi connectivity index (χ2v) is 7.84. The second-order valence-electron chi connectivity index (χ2n) is 7.84. The van der Waals surface area contributed by atoms with Gasteiger partial charge in [0, 0.05) is 38.3 Å². The number of methoxy groups -OCH3 is 1. The van der Waals surface area contributed by atoms with Gasteiger partial charge in [0.1, 0.15) is 11.5 Å². The summed E-state index contributed by atoms with van der Waals surface area (Å²) in [5, 5.41) is 17.2. The summed E-state index contributed by atoms with van der Waals surface area (Å²) in [5.74, 6) is -1.97. The smallest absolute Gasteiger partial charge is 0.414 e. The van der Waals surface area contributed by atoms with Crippen LogP contribution in [0.25, 0.3) is 10.8 Å². The van der Waals surface area contributed by atoms with Crippen molar-refractivity contribution in [2.75, 3.05) is 39.9 Å². The van der Waals surface area contributed by atoms with E-state index in [9.17, 15) is 4.79 Å². The number of benzene rings is 3. The summed E-state index contributed by atoms with van der Waals surface area (Å²) in [6.45, 7) is 4.00. The first kappa shape index (κ1) is 25.5. The highest BCUT2D eigenvalue weighted by Gasteiger charge is 2.22. The SMILES string of the molecule is COc1ccc2ccccc2c1CN1CCN(C(=O)COc2ccccc2)CC1.O=C(O)C(=O)O. The Kier molecular flexibility index (Phi) is 9.02. The molecule has 3 aromatic carbocycles. The molecule has 35 heavy (non-hydrogen) atoms. The number of hydrogen-bond acceptors (Lipinski definition) is 6. The van der Waals surface area contributed by atoms with Crippen LogP contribution in [0.5, 0.6) is 11.5 Å². The van der Waals surface area contributed by atoms with E-state index in [-0.39, 0.29) is 12.5 Å². The maximum Gasteiger partial charge on any atom is 0.414 e. The lowest BCUT2D eigenvalue weighted by Crippen LogP contribution is -2.49. The third kappa shape index (κ3) is 7.18. The average Bonchev–Trinajstić information content (AvgIpc) is 2.89. The topological polar surface area (TPSA) is 117 Å². The van der Waals surface area contributed by atoms with Crippen LogP contribution in [0.4, 0.5) is 0 Å². The van der Waals surface area contributed by atoms with E-state index in [0.717, 1.165) is 31.1 Å². The van der Waals surface area contributed by atoms with Gasteiger partial charge in [-0.05, 0) is 29.0 Å². The maximum atomic E-state index is 12.5. The molecule has 0 aliphatic carbocycles. The summed E-state index contributed by atoms with van der Waals surface area (Å²) in [4.78, 5) is 34.9. The molecule has 0 unspecified atom stereocenters. The Balaban J connectivity index is 0.000000509. The number of rotatable bonds is 6. The normalized spacial score (nSPS) is 13.5. The Morgan fingerprint density at radius 1 is 0.829 bits per heavy atom. The number of para-hydroxylation sites is 1. The summed E-state index contributed by atoms with van der Waals surface area (Å²) in [6, 6.07) is 22.0. The fourth-order valence-electron chi connectivity index (χ4n) is 3.80. The van der Waals surface area contributed by atoms with Crippen LogP contribution in [-0.4, -0.2) is 77.8 Å². The highest BCUT2D eigenvalue weighted by atomic mass is 16.5. The number of piperazine rings is 1. The number of nitrogens with zero attached hydrogens (tertiary/aromatic N) is 2. The number of ether oxygens (including phenoxy) is 2. The summed E-state index contributed by atoms with van der Waals surface area (Å²) in [7, 11) is 1.72. The lowest BCUT2D eigenvalue weighted by Gasteiger charge is -2.35. The second kappa shape index (κ2) is 12.4. The Morgan fingerprint density at radius 2 is 1.46 bits per heavy atom. The molecular weight excluding hydrogens is 452 g/mol. The molecule has 1 amide bonds. The van der Waals surface area contributed by atoms with Gasteiger partial charge in [-0.15, -0.1) is 0 Å². The van der Waals surface area contributed by atoms with Crippen LogP contribution in [0.2, 0.25) is 0 Å². The lowest BCUT2D eigenvalue weighted by atomic mass is 10.0. The van der Waals surface area contributed by atoms with Crippen molar-refractivity contribution in [1.82, 2.24) is 9.80 Å². The molecule has 0 atom stereocenters. The number of amides is 1. The van der Waals surface area contributed by atoms with E-state index in [1.165, 1.54) is 16.3 Å². The Morgan fingerprint density at radius 3 is 2.09 bits per heavy atom. The van der Waals surface area contributed by atoms with Crippen molar-refractivity contribution in [2.45, 2.75) is 6.54 Å². The van der Waals surface area contributed by atoms with E-state index < -0.39 is 11.9 Å². The molecule has 9 nitrogen and oxygen atoms in total. The molecule has 1 fully saturated rings. The summed E-state index contributed by atoms with van der Waals surface area (Å²) in [5.41, 5.74) is 1.21. The van der Waals surface area contributed by atoms with Crippen LogP contribution in [0.3, 0.4) is 0 Å². The fraction of sp³-hybridized carbons (Fsp3) is 0.269. The van der Waals surface area contributed by atoms with Crippen LogP contribution in [0.15, 0.2) is 66.7 Å². The summed E-state index contributed by atoms with van der Waals surface area (Å²) < 4.78 is 11.2. The predicted octanol–water partition coefficient (Wildman–Crippen LogP) is 2.73. The highest BCUT2D eigenvalue weighted by molar-refractivity contribution is 6.27. The van der Waals surface area contributed by atoms with Gasteiger partial charge in [0.2, 0.25) is 0 Å². The zero-order valence-electron chi connectivity index (χ0n) is 19.4. The number of fused-ring (bicyclic) bond motifs is 1. The Bertz CT molecular complexity index is 1150. The van der Waals surface area contributed by atoms with Gasteiger partial charge in [-0.3, -0.25) is 9.69 Å². The van der Waals surface area contributed by atoms with E-state index >= 15 is 0 Å². The van der Waals surface area contributed by atoms with Gasteiger partial charge >= 0.3 is 11.9 Å². The number of carbonyl (C=O) groups is 3. The fourth-order valence-corrected chi connectivity index (χ4v) is 3.80. The van der Waals surface area contributed by atoms with Gasteiger partial charge in [0.05, 0.1) is 7.11 Å². The number of hydrogen-bond donors (Lipinski definition) is 2. The molecular formula is C26H28N2O7. The van der Waals surface area contributed by atoms with E-state index in [0.29, 0.717) is 13.1 Å². The van der Waals surface area contributed by atoms with Crippen molar-refractivity contribution in [3.8, 4) is 11.5 Å². The Labute approximate surface area is 203 Å². The van der Waals surface area contributed by atoms with E-state index in [4.69, 9.17) is 29.3 Å². The van der Waals surface area contributed by atoms with Gasteiger partial charge in [0.25, 0.3) is 5.91 Å².